The normalized spacial score (nSPS) is 10.5. The molecule has 4 nitrogen and oxygen atoms in total. The molecule has 0 aliphatic carbocycles. The average Bonchev–Trinajstić information content (AvgIpc) is 2.73. The Kier molecular flexibility index (Phi) is 4.61. The Balaban J connectivity index is 1.90. The molecule has 19 heavy (non-hydrogen) atoms. The highest BCUT2D eigenvalue weighted by atomic mass is 79.9. The predicted octanol–water partition coefficient (Wildman–Crippen LogP) is 2.81. The Morgan fingerprint density at radius 2 is 2.26 bits per heavy atom. The maximum Gasteiger partial charge on any atom is 0.251 e. The van der Waals surface area contributed by atoms with Gasteiger partial charge in [0.05, 0.1) is 6.20 Å². The van der Waals surface area contributed by atoms with Gasteiger partial charge in [-0.2, -0.15) is 5.10 Å². The Morgan fingerprint density at radius 3 is 2.89 bits per heavy atom. The first kappa shape index (κ1) is 14.1. The maximum atomic E-state index is 11.9. The van der Waals surface area contributed by atoms with Gasteiger partial charge in [0.15, 0.2) is 0 Å². The molecule has 0 saturated carbocycles. The minimum Gasteiger partial charge on any atom is -0.352 e. The number of carbonyl (C=O) groups is 1. The largest absolute Gasteiger partial charge is 0.352 e. The molecule has 0 radical (unpaired) electrons. The monoisotopic (exact) mass is 341 g/mol. The van der Waals surface area contributed by atoms with E-state index in [4.69, 9.17) is 11.6 Å². The van der Waals surface area contributed by atoms with E-state index in [2.05, 4.69) is 26.3 Å². The third-order valence-corrected chi connectivity index (χ3v) is 3.26. The van der Waals surface area contributed by atoms with Gasteiger partial charge in [0, 0.05) is 34.8 Å². The van der Waals surface area contributed by atoms with Gasteiger partial charge in [-0.05, 0) is 30.2 Å². The van der Waals surface area contributed by atoms with Gasteiger partial charge in [-0.1, -0.05) is 27.5 Å². The lowest BCUT2D eigenvalue weighted by Crippen LogP contribution is -2.25. The number of aryl methyl sites for hydroxylation is 1. The predicted molar refractivity (Wildman–Crippen MR) is 78.4 cm³/mol. The second-order valence-corrected chi connectivity index (χ2v) is 5.54. The summed E-state index contributed by atoms with van der Waals surface area (Å²) in [7, 11) is 1.87. The van der Waals surface area contributed by atoms with Crippen molar-refractivity contribution in [3.05, 3.63) is 51.2 Å². The lowest BCUT2D eigenvalue weighted by Gasteiger charge is -2.05. The second-order valence-electron chi connectivity index (χ2n) is 4.19. The van der Waals surface area contributed by atoms with Crippen LogP contribution in [-0.2, 0) is 13.5 Å². The van der Waals surface area contributed by atoms with E-state index in [0.29, 0.717) is 17.1 Å². The van der Waals surface area contributed by atoms with Crippen molar-refractivity contribution in [3.63, 3.8) is 0 Å². The molecule has 100 valence electrons. The standard InChI is InChI=1S/C13H13BrClN3O/c1-18-8-9(7-17-18)2-3-16-13(19)10-4-11(14)6-12(15)5-10/h4-8H,2-3H2,1H3,(H,16,19). The summed E-state index contributed by atoms with van der Waals surface area (Å²) in [6.07, 6.45) is 4.48. The van der Waals surface area contributed by atoms with Gasteiger partial charge in [-0.3, -0.25) is 9.48 Å². The first-order chi connectivity index (χ1) is 9.04. The summed E-state index contributed by atoms with van der Waals surface area (Å²) in [4.78, 5) is 11.9. The third kappa shape index (κ3) is 4.08. The summed E-state index contributed by atoms with van der Waals surface area (Å²) in [6.45, 7) is 0.564. The molecular formula is C13H13BrClN3O. The summed E-state index contributed by atoms with van der Waals surface area (Å²) in [5.41, 5.74) is 1.64. The highest BCUT2D eigenvalue weighted by Crippen LogP contribution is 2.19. The molecule has 2 aromatic rings. The minimum absolute atomic E-state index is 0.132. The van der Waals surface area contributed by atoms with Gasteiger partial charge < -0.3 is 5.32 Å². The molecule has 1 N–H and O–H groups in total. The molecule has 0 saturated heterocycles. The van der Waals surface area contributed by atoms with E-state index in [1.165, 1.54) is 0 Å². The number of hydrogen-bond donors (Lipinski definition) is 1. The zero-order valence-electron chi connectivity index (χ0n) is 10.4. The molecule has 1 heterocycles. The molecule has 0 spiro atoms. The maximum absolute atomic E-state index is 11.9. The Morgan fingerprint density at radius 1 is 1.47 bits per heavy atom. The fourth-order valence-electron chi connectivity index (χ4n) is 1.71. The Hall–Kier alpha value is -1.33. The van der Waals surface area contributed by atoms with Gasteiger partial charge in [-0.25, -0.2) is 0 Å². The van der Waals surface area contributed by atoms with Crippen LogP contribution in [0.1, 0.15) is 15.9 Å². The van der Waals surface area contributed by atoms with Crippen LogP contribution < -0.4 is 5.32 Å². The van der Waals surface area contributed by atoms with Gasteiger partial charge >= 0.3 is 0 Å². The van der Waals surface area contributed by atoms with Crippen molar-refractivity contribution in [2.24, 2.45) is 7.05 Å². The quantitative estimate of drug-likeness (QED) is 0.929. The zero-order valence-corrected chi connectivity index (χ0v) is 12.7. The highest BCUT2D eigenvalue weighted by Gasteiger charge is 2.07. The van der Waals surface area contributed by atoms with Crippen molar-refractivity contribution >= 4 is 33.4 Å². The van der Waals surface area contributed by atoms with Gasteiger partial charge in [0.25, 0.3) is 5.91 Å². The molecule has 0 unspecified atom stereocenters. The molecule has 1 aromatic carbocycles. The minimum atomic E-state index is -0.132. The number of benzene rings is 1. The van der Waals surface area contributed by atoms with Crippen molar-refractivity contribution in [3.8, 4) is 0 Å². The number of amides is 1. The summed E-state index contributed by atoms with van der Waals surface area (Å²) in [5.74, 6) is -0.132. The van der Waals surface area contributed by atoms with E-state index in [9.17, 15) is 4.79 Å². The molecule has 0 fully saturated rings. The van der Waals surface area contributed by atoms with Gasteiger partial charge in [0.1, 0.15) is 0 Å². The topological polar surface area (TPSA) is 46.9 Å². The number of aromatic nitrogens is 2. The number of hydrogen-bond acceptors (Lipinski definition) is 2. The van der Waals surface area contributed by atoms with E-state index in [1.807, 2.05) is 13.2 Å². The van der Waals surface area contributed by atoms with E-state index in [-0.39, 0.29) is 5.91 Å². The lowest BCUT2D eigenvalue weighted by atomic mass is 10.2. The van der Waals surface area contributed by atoms with Crippen LogP contribution >= 0.6 is 27.5 Å². The smallest absolute Gasteiger partial charge is 0.251 e. The molecular weight excluding hydrogens is 330 g/mol. The Labute approximate surface area is 124 Å². The van der Waals surface area contributed by atoms with E-state index in [0.717, 1.165) is 16.5 Å². The lowest BCUT2D eigenvalue weighted by molar-refractivity contribution is 0.0954. The van der Waals surface area contributed by atoms with E-state index < -0.39 is 0 Å². The summed E-state index contributed by atoms with van der Waals surface area (Å²) >= 11 is 9.22. The first-order valence-electron chi connectivity index (χ1n) is 5.76. The molecule has 6 heteroatoms. The van der Waals surface area contributed by atoms with E-state index >= 15 is 0 Å². The zero-order chi connectivity index (χ0) is 13.8. The molecule has 1 amide bonds. The number of nitrogens with zero attached hydrogens (tertiary/aromatic N) is 2. The van der Waals surface area contributed by atoms with Crippen molar-refractivity contribution in [2.75, 3.05) is 6.54 Å². The SMILES string of the molecule is Cn1cc(CCNC(=O)c2cc(Cl)cc(Br)c2)cn1. The number of halogens is 2. The van der Waals surface area contributed by atoms with E-state index in [1.54, 1.807) is 29.1 Å². The third-order valence-electron chi connectivity index (χ3n) is 2.58. The van der Waals surface area contributed by atoms with Crippen LogP contribution in [0.3, 0.4) is 0 Å². The van der Waals surface area contributed by atoms with Crippen LogP contribution in [0, 0.1) is 0 Å². The van der Waals surface area contributed by atoms with Gasteiger partial charge in [-0.15, -0.1) is 0 Å². The number of rotatable bonds is 4. The Bertz CT molecular complexity index is 577. The fourth-order valence-corrected chi connectivity index (χ4v) is 2.57. The number of nitrogens with one attached hydrogen (secondary N) is 1. The van der Waals surface area contributed by atoms with Crippen molar-refractivity contribution in [1.29, 1.82) is 0 Å². The molecule has 1 aromatic heterocycles. The van der Waals surface area contributed by atoms with Crippen LogP contribution in [0.5, 0.6) is 0 Å². The van der Waals surface area contributed by atoms with Gasteiger partial charge in [0.2, 0.25) is 0 Å². The first-order valence-corrected chi connectivity index (χ1v) is 6.93. The molecule has 0 atom stereocenters. The van der Waals surface area contributed by atoms with Crippen LogP contribution in [0.2, 0.25) is 5.02 Å². The summed E-state index contributed by atoms with van der Waals surface area (Å²) < 4.78 is 2.53. The van der Waals surface area contributed by atoms with Crippen molar-refractivity contribution in [2.45, 2.75) is 6.42 Å². The molecule has 0 aliphatic rings. The molecule has 2 rings (SSSR count). The molecule has 0 aliphatic heterocycles. The van der Waals surface area contributed by atoms with Crippen LogP contribution in [-0.4, -0.2) is 22.2 Å². The van der Waals surface area contributed by atoms with Crippen LogP contribution in [0.25, 0.3) is 0 Å². The highest BCUT2D eigenvalue weighted by molar-refractivity contribution is 9.10. The summed E-state index contributed by atoms with van der Waals surface area (Å²) in [6, 6.07) is 5.13. The van der Waals surface area contributed by atoms with Crippen LogP contribution in [0.4, 0.5) is 0 Å². The van der Waals surface area contributed by atoms with Crippen LogP contribution in [0.15, 0.2) is 35.1 Å². The average molecular weight is 343 g/mol. The van der Waals surface area contributed by atoms with Crippen molar-refractivity contribution < 1.29 is 4.79 Å². The molecule has 0 bridgehead atoms. The second kappa shape index (κ2) is 6.21. The summed E-state index contributed by atoms with van der Waals surface area (Å²) in [5, 5.41) is 7.47. The van der Waals surface area contributed by atoms with Crippen molar-refractivity contribution in [1.82, 2.24) is 15.1 Å². The fraction of sp³-hybridized carbons (Fsp3) is 0.231. The number of carbonyl (C=O) groups excluding carboxylic acids is 1.